The van der Waals surface area contributed by atoms with Crippen molar-refractivity contribution >= 4 is 34.2 Å². The molecule has 0 radical (unpaired) electrons. The molecule has 2 unspecified atom stereocenters. The van der Waals surface area contributed by atoms with Gasteiger partial charge in [-0.3, -0.25) is 25.2 Å². The fourth-order valence-electron chi connectivity index (χ4n) is 3.72. The molecule has 0 aromatic heterocycles. The predicted molar refractivity (Wildman–Crippen MR) is 124 cm³/mol. The number of ether oxygens (including phenoxy) is 2. The van der Waals surface area contributed by atoms with Gasteiger partial charge in [0, 0.05) is 18.7 Å². The molecule has 3 amide bonds. The summed E-state index contributed by atoms with van der Waals surface area (Å²) in [5, 5.41) is 2.08. The summed E-state index contributed by atoms with van der Waals surface area (Å²) in [6.07, 6.45) is -0.760. The number of rotatable bonds is 6. The molecule has 8 heteroatoms. The molecule has 2 N–H and O–H groups in total. The van der Waals surface area contributed by atoms with E-state index in [1.807, 2.05) is 36.4 Å². The van der Waals surface area contributed by atoms with Gasteiger partial charge in [0.2, 0.25) is 11.8 Å². The first kappa shape index (κ1) is 22.1. The van der Waals surface area contributed by atoms with Crippen LogP contribution in [0, 0.1) is 5.92 Å². The average Bonchev–Trinajstić information content (AvgIpc) is 3.23. The van der Waals surface area contributed by atoms with Gasteiger partial charge >= 0.3 is 0 Å². The Bertz CT molecular complexity index is 1180. The third-order valence-electron chi connectivity index (χ3n) is 5.59. The van der Waals surface area contributed by atoms with Crippen molar-refractivity contribution in [2.24, 2.45) is 5.92 Å². The summed E-state index contributed by atoms with van der Waals surface area (Å²) < 4.78 is 10.8. The highest BCUT2D eigenvalue weighted by molar-refractivity contribution is 6.00. The molecule has 0 aliphatic carbocycles. The van der Waals surface area contributed by atoms with E-state index in [-0.39, 0.29) is 18.9 Å². The van der Waals surface area contributed by atoms with E-state index in [0.29, 0.717) is 17.2 Å². The zero-order valence-corrected chi connectivity index (χ0v) is 18.4. The third kappa shape index (κ3) is 5.06. The van der Waals surface area contributed by atoms with Gasteiger partial charge in [-0.1, -0.05) is 30.3 Å². The van der Waals surface area contributed by atoms with Crippen LogP contribution in [0.25, 0.3) is 10.8 Å². The molecule has 1 heterocycles. The number of nitrogens with one attached hydrogen (secondary N) is 2. The molecule has 0 saturated carbocycles. The summed E-state index contributed by atoms with van der Waals surface area (Å²) in [4.78, 5) is 38.9. The molecule has 8 nitrogen and oxygen atoms in total. The van der Waals surface area contributed by atoms with Gasteiger partial charge in [-0.15, -0.1) is 0 Å². The molecule has 170 valence electrons. The molecule has 4 rings (SSSR count). The largest absolute Gasteiger partial charge is 0.497 e. The van der Waals surface area contributed by atoms with E-state index < -0.39 is 23.8 Å². The Morgan fingerprint density at radius 3 is 2.39 bits per heavy atom. The van der Waals surface area contributed by atoms with E-state index in [2.05, 4.69) is 10.9 Å². The second-order valence-electron chi connectivity index (χ2n) is 7.85. The number of hydrogen-bond donors (Lipinski definition) is 2. The van der Waals surface area contributed by atoms with E-state index in [0.717, 1.165) is 10.8 Å². The van der Waals surface area contributed by atoms with E-state index in [4.69, 9.17) is 9.47 Å². The minimum absolute atomic E-state index is 0.0663. The van der Waals surface area contributed by atoms with Crippen molar-refractivity contribution in [3.05, 3.63) is 66.7 Å². The van der Waals surface area contributed by atoms with E-state index in [9.17, 15) is 14.4 Å². The lowest BCUT2D eigenvalue weighted by molar-refractivity contribution is -0.134. The van der Waals surface area contributed by atoms with Crippen molar-refractivity contribution in [1.29, 1.82) is 0 Å². The van der Waals surface area contributed by atoms with Gasteiger partial charge in [0.25, 0.3) is 5.91 Å². The lowest BCUT2D eigenvalue weighted by Gasteiger charge is -2.18. The van der Waals surface area contributed by atoms with Gasteiger partial charge in [0.15, 0.2) is 6.10 Å². The van der Waals surface area contributed by atoms with Crippen LogP contribution in [0.15, 0.2) is 66.7 Å². The number of amides is 3. The van der Waals surface area contributed by atoms with Crippen molar-refractivity contribution in [1.82, 2.24) is 10.9 Å². The summed E-state index contributed by atoms with van der Waals surface area (Å²) in [6, 6.07) is 20.5. The van der Waals surface area contributed by atoms with E-state index in [1.165, 1.54) is 0 Å². The number of hydrogen-bond acceptors (Lipinski definition) is 5. The Kier molecular flexibility index (Phi) is 6.44. The Morgan fingerprint density at radius 2 is 1.67 bits per heavy atom. The zero-order chi connectivity index (χ0) is 23.4. The fourth-order valence-corrected chi connectivity index (χ4v) is 3.72. The molecule has 0 spiro atoms. The molecule has 3 aromatic carbocycles. The number of carbonyl (C=O) groups is 3. The number of nitrogens with zero attached hydrogens (tertiary/aromatic N) is 1. The van der Waals surface area contributed by atoms with E-state index in [1.54, 1.807) is 49.3 Å². The lowest BCUT2D eigenvalue weighted by atomic mass is 10.1. The third-order valence-corrected chi connectivity index (χ3v) is 5.59. The summed E-state index contributed by atoms with van der Waals surface area (Å²) >= 11 is 0. The zero-order valence-electron chi connectivity index (χ0n) is 18.4. The summed E-state index contributed by atoms with van der Waals surface area (Å²) in [7, 11) is 1.57. The van der Waals surface area contributed by atoms with Crippen LogP contribution in [0.4, 0.5) is 5.69 Å². The average molecular weight is 447 g/mol. The van der Waals surface area contributed by atoms with Crippen LogP contribution in [-0.2, 0) is 14.4 Å². The Morgan fingerprint density at radius 1 is 0.970 bits per heavy atom. The van der Waals surface area contributed by atoms with E-state index >= 15 is 0 Å². The molecule has 3 aromatic rings. The number of carbonyl (C=O) groups excluding carboxylic acids is 3. The first-order valence-electron chi connectivity index (χ1n) is 10.6. The Hall–Kier alpha value is -4.07. The van der Waals surface area contributed by atoms with Gasteiger partial charge < -0.3 is 14.4 Å². The molecule has 2 atom stereocenters. The molecule has 33 heavy (non-hydrogen) atoms. The second kappa shape index (κ2) is 9.60. The first-order valence-corrected chi connectivity index (χ1v) is 10.6. The highest BCUT2D eigenvalue weighted by atomic mass is 16.5. The van der Waals surface area contributed by atoms with Crippen molar-refractivity contribution in [2.45, 2.75) is 19.4 Å². The number of fused-ring (bicyclic) bond motifs is 1. The normalized spacial score (nSPS) is 16.4. The van der Waals surface area contributed by atoms with Crippen molar-refractivity contribution in [3.8, 4) is 11.5 Å². The van der Waals surface area contributed by atoms with Gasteiger partial charge in [-0.05, 0) is 54.1 Å². The van der Waals surface area contributed by atoms with Gasteiger partial charge in [0.05, 0.1) is 13.0 Å². The summed E-state index contributed by atoms with van der Waals surface area (Å²) in [6.45, 7) is 1.83. The van der Waals surface area contributed by atoms with Crippen LogP contribution in [0.1, 0.15) is 13.3 Å². The minimum Gasteiger partial charge on any atom is -0.497 e. The Labute approximate surface area is 191 Å². The number of benzene rings is 3. The van der Waals surface area contributed by atoms with Crippen LogP contribution < -0.4 is 25.2 Å². The Balaban J connectivity index is 1.29. The smallest absolute Gasteiger partial charge is 0.279 e. The number of anilines is 1. The quantitative estimate of drug-likeness (QED) is 0.567. The molecule has 1 aliphatic rings. The molecular formula is C25H25N3O5. The highest BCUT2D eigenvalue weighted by Gasteiger charge is 2.35. The topological polar surface area (TPSA) is 97.0 Å². The number of hydrazine groups is 1. The molecule has 1 saturated heterocycles. The van der Waals surface area contributed by atoms with Gasteiger partial charge in [-0.2, -0.15) is 0 Å². The standard InChI is InChI=1S/C25H25N3O5/c1-16(33-22-10-7-17-5-3-4-6-18(17)13-22)24(30)26-27-25(31)19-14-23(29)28(15-19)20-8-11-21(32-2)12-9-20/h3-13,16,19H,14-15H2,1-2H3,(H,26,30)(H,27,31). The van der Waals surface area contributed by atoms with Crippen molar-refractivity contribution in [3.63, 3.8) is 0 Å². The van der Waals surface area contributed by atoms with Crippen molar-refractivity contribution in [2.75, 3.05) is 18.6 Å². The molecule has 0 bridgehead atoms. The molecular weight excluding hydrogens is 422 g/mol. The second-order valence-corrected chi connectivity index (χ2v) is 7.85. The van der Waals surface area contributed by atoms with Crippen LogP contribution in [0.3, 0.4) is 0 Å². The summed E-state index contributed by atoms with van der Waals surface area (Å²) in [5.41, 5.74) is 5.50. The van der Waals surface area contributed by atoms with Crippen LogP contribution in [-0.4, -0.2) is 37.5 Å². The van der Waals surface area contributed by atoms with Crippen molar-refractivity contribution < 1.29 is 23.9 Å². The van der Waals surface area contributed by atoms with Crippen LogP contribution in [0.2, 0.25) is 0 Å². The SMILES string of the molecule is COc1ccc(N2CC(C(=O)NNC(=O)C(C)Oc3ccc4ccccc4c3)CC2=O)cc1. The maximum absolute atomic E-state index is 12.5. The molecule has 1 fully saturated rings. The summed E-state index contributed by atoms with van der Waals surface area (Å²) in [5.74, 6) is -0.406. The lowest BCUT2D eigenvalue weighted by Crippen LogP contribution is -2.49. The maximum atomic E-state index is 12.5. The predicted octanol–water partition coefficient (Wildman–Crippen LogP) is 2.82. The fraction of sp³-hybridized carbons (Fsp3) is 0.240. The monoisotopic (exact) mass is 447 g/mol. The van der Waals surface area contributed by atoms with Gasteiger partial charge in [0.1, 0.15) is 11.5 Å². The van der Waals surface area contributed by atoms with Gasteiger partial charge in [-0.25, -0.2) is 0 Å². The van der Waals surface area contributed by atoms with Crippen LogP contribution in [0.5, 0.6) is 11.5 Å². The highest BCUT2D eigenvalue weighted by Crippen LogP contribution is 2.27. The molecule has 1 aliphatic heterocycles. The number of methoxy groups -OCH3 is 1. The minimum atomic E-state index is -0.826. The van der Waals surface area contributed by atoms with Crippen LogP contribution >= 0.6 is 0 Å². The first-order chi connectivity index (χ1) is 15.9. The maximum Gasteiger partial charge on any atom is 0.279 e.